The molecule has 0 radical (unpaired) electrons. The van der Waals surface area contributed by atoms with Crippen LogP contribution in [0.15, 0.2) is 35.4 Å². The Morgan fingerprint density at radius 2 is 1.30 bits per heavy atom. The molecule has 0 aliphatic carbocycles. The van der Waals surface area contributed by atoms with Crippen LogP contribution in [-0.2, 0) is 22.3 Å². The largest absolute Gasteiger partial charge is 0.464 e. The normalized spacial score (nSPS) is 32.6. The van der Waals surface area contributed by atoms with Crippen molar-refractivity contribution < 1.29 is 59.8 Å². The summed E-state index contributed by atoms with van der Waals surface area (Å²) in [7, 11) is 0. The molecule has 3 unspecified atom stereocenters. The van der Waals surface area contributed by atoms with Crippen molar-refractivity contribution >= 4 is 0 Å². The predicted octanol–water partition coefficient (Wildman–Crippen LogP) is 1.67. The van der Waals surface area contributed by atoms with Crippen molar-refractivity contribution in [3.63, 3.8) is 0 Å². The number of aliphatic hydroxyl groups is 8. The van der Waals surface area contributed by atoms with Gasteiger partial charge in [-0.1, -0.05) is 43.6 Å². The molecule has 12 nitrogen and oxygen atoms in total. The number of allylic oxidation sites excluding steroid dienone is 4. The SMILES string of the molecule is CCC(C)CCc1cc(OC2O[C@H](O)[C@@H](O)[C@H](O)[C@H]2CO)c(C/C=C(\C)CCC=C(C)C)c(OC2O[C@H](O)[C@@H](O)[C@H](O)[C@H]2CO)c1. The van der Waals surface area contributed by atoms with E-state index in [-0.39, 0.29) is 17.9 Å². The predicted molar refractivity (Wildman–Crippen MR) is 169 cm³/mol. The summed E-state index contributed by atoms with van der Waals surface area (Å²) in [6, 6.07) is 3.61. The van der Waals surface area contributed by atoms with E-state index in [1.807, 2.05) is 26.8 Å². The topological polar surface area (TPSA) is 199 Å². The van der Waals surface area contributed by atoms with Gasteiger partial charge in [-0.25, -0.2) is 0 Å². The fourth-order valence-corrected chi connectivity index (χ4v) is 5.49. The smallest absolute Gasteiger partial charge is 0.210 e. The van der Waals surface area contributed by atoms with Crippen LogP contribution in [0.1, 0.15) is 71.4 Å². The van der Waals surface area contributed by atoms with E-state index in [2.05, 4.69) is 19.9 Å². The van der Waals surface area contributed by atoms with Gasteiger partial charge in [0.1, 0.15) is 23.7 Å². The van der Waals surface area contributed by atoms with Crippen LogP contribution in [0.4, 0.5) is 0 Å². The summed E-state index contributed by atoms with van der Waals surface area (Å²) in [4.78, 5) is 0. The third-order valence-electron chi connectivity index (χ3n) is 8.91. The molecule has 2 aliphatic rings. The average Bonchev–Trinajstić information content (AvgIpc) is 3.01. The third-order valence-corrected chi connectivity index (χ3v) is 8.91. The maximum atomic E-state index is 10.6. The van der Waals surface area contributed by atoms with Gasteiger partial charge in [-0.05, 0) is 76.5 Å². The number of rotatable bonds is 15. The number of aryl methyl sites for hydroxylation is 1. The lowest BCUT2D eigenvalue weighted by molar-refractivity contribution is -0.313. The van der Waals surface area contributed by atoms with Gasteiger partial charge in [0, 0.05) is 5.56 Å². The van der Waals surface area contributed by atoms with E-state index in [1.54, 1.807) is 12.1 Å². The number of benzene rings is 1. The lowest BCUT2D eigenvalue weighted by atomic mass is 9.93. The van der Waals surface area contributed by atoms with Crippen LogP contribution >= 0.6 is 0 Å². The standard InChI is InChI=1S/C34H54O12/c1-6-19(4)10-12-21-14-25(43-33-23(16-35)27(37)29(39)31(41)45-33)22(13-11-20(5)9-7-8-18(2)3)26(15-21)44-34-24(17-36)28(38)30(40)32(42)46-34/h8,11,14-15,19,23-24,27-42H,6-7,9-10,12-13,16-17H2,1-5H3/b20-11+/t19?,23-,24-,27-,28-,29+,30+,31+,32+,33?,34?/m1/s1. The summed E-state index contributed by atoms with van der Waals surface area (Å²) in [6.07, 6.45) is -4.03. The van der Waals surface area contributed by atoms with Crippen LogP contribution in [0.3, 0.4) is 0 Å². The van der Waals surface area contributed by atoms with E-state index in [9.17, 15) is 40.9 Å². The average molecular weight is 655 g/mol. The molecule has 0 amide bonds. The fourth-order valence-electron chi connectivity index (χ4n) is 5.49. The summed E-state index contributed by atoms with van der Waals surface area (Å²) in [5.74, 6) is -1.23. The van der Waals surface area contributed by atoms with Gasteiger partial charge in [0.2, 0.25) is 12.6 Å². The van der Waals surface area contributed by atoms with Crippen LogP contribution in [0, 0.1) is 17.8 Å². The second-order valence-electron chi connectivity index (χ2n) is 12.9. The van der Waals surface area contributed by atoms with Crippen molar-refractivity contribution in [2.24, 2.45) is 17.8 Å². The zero-order valence-electron chi connectivity index (χ0n) is 27.5. The highest BCUT2D eigenvalue weighted by molar-refractivity contribution is 5.50. The van der Waals surface area contributed by atoms with Crippen LogP contribution < -0.4 is 9.47 Å². The van der Waals surface area contributed by atoms with Crippen molar-refractivity contribution in [3.8, 4) is 11.5 Å². The monoisotopic (exact) mass is 654 g/mol. The first-order valence-corrected chi connectivity index (χ1v) is 16.2. The van der Waals surface area contributed by atoms with E-state index in [1.165, 1.54) is 5.57 Å². The number of ether oxygens (including phenoxy) is 4. The van der Waals surface area contributed by atoms with Crippen LogP contribution in [-0.4, -0.2) is 104 Å². The molecule has 0 bridgehead atoms. The Morgan fingerprint density at radius 1 is 0.804 bits per heavy atom. The Labute approximate surface area is 271 Å². The molecule has 2 heterocycles. The fraction of sp³-hybridized carbons (Fsp3) is 0.706. The number of hydrogen-bond acceptors (Lipinski definition) is 12. The Bertz CT molecular complexity index is 1090. The van der Waals surface area contributed by atoms with Gasteiger partial charge in [-0.15, -0.1) is 0 Å². The quantitative estimate of drug-likeness (QED) is 0.128. The number of hydrogen-bond donors (Lipinski definition) is 8. The van der Waals surface area contributed by atoms with Crippen molar-refractivity contribution in [1.29, 1.82) is 0 Å². The van der Waals surface area contributed by atoms with Crippen LogP contribution in [0.25, 0.3) is 0 Å². The third kappa shape index (κ3) is 9.96. The van der Waals surface area contributed by atoms with Crippen molar-refractivity contribution in [2.45, 2.75) is 123 Å². The molecule has 8 N–H and O–H groups in total. The van der Waals surface area contributed by atoms with E-state index >= 15 is 0 Å². The highest BCUT2D eigenvalue weighted by Crippen LogP contribution is 2.38. The van der Waals surface area contributed by atoms with E-state index < -0.39 is 74.6 Å². The zero-order chi connectivity index (χ0) is 34.1. The highest BCUT2D eigenvalue weighted by atomic mass is 16.7. The first kappa shape index (κ1) is 38.3. The summed E-state index contributed by atoms with van der Waals surface area (Å²) in [5.41, 5.74) is 3.60. The van der Waals surface area contributed by atoms with Gasteiger partial charge in [0.15, 0.2) is 12.6 Å². The van der Waals surface area contributed by atoms with E-state index in [0.717, 1.165) is 36.8 Å². The van der Waals surface area contributed by atoms with Crippen LogP contribution in [0.5, 0.6) is 11.5 Å². The molecule has 262 valence electrons. The summed E-state index contributed by atoms with van der Waals surface area (Å²) in [5, 5.41) is 82.1. The molecular formula is C34H54O12. The summed E-state index contributed by atoms with van der Waals surface area (Å²) < 4.78 is 23.6. The Hall–Kier alpha value is -2.10. The highest BCUT2D eigenvalue weighted by Gasteiger charge is 2.46. The minimum Gasteiger partial charge on any atom is -0.464 e. The van der Waals surface area contributed by atoms with E-state index in [0.29, 0.717) is 17.9 Å². The first-order valence-electron chi connectivity index (χ1n) is 16.2. The lowest BCUT2D eigenvalue weighted by Crippen LogP contribution is -2.57. The van der Waals surface area contributed by atoms with Gasteiger partial charge < -0.3 is 59.8 Å². The second-order valence-corrected chi connectivity index (χ2v) is 12.9. The molecule has 0 saturated carbocycles. The zero-order valence-corrected chi connectivity index (χ0v) is 27.5. The van der Waals surface area contributed by atoms with Crippen molar-refractivity contribution in [1.82, 2.24) is 0 Å². The molecule has 11 atom stereocenters. The summed E-state index contributed by atoms with van der Waals surface area (Å²) in [6.45, 7) is 9.11. The minimum atomic E-state index is -1.76. The molecule has 1 aromatic rings. The summed E-state index contributed by atoms with van der Waals surface area (Å²) >= 11 is 0. The molecule has 1 aromatic carbocycles. The Morgan fingerprint density at radius 3 is 1.74 bits per heavy atom. The molecule has 2 saturated heterocycles. The molecule has 46 heavy (non-hydrogen) atoms. The van der Waals surface area contributed by atoms with Crippen LogP contribution in [0.2, 0.25) is 0 Å². The van der Waals surface area contributed by atoms with Gasteiger partial charge in [0.05, 0.1) is 37.3 Å². The number of aliphatic hydroxyl groups excluding tert-OH is 8. The second kappa shape index (κ2) is 17.9. The Kier molecular flexibility index (Phi) is 14.9. The van der Waals surface area contributed by atoms with E-state index in [4.69, 9.17) is 18.9 Å². The first-order chi connectivity index (χ1) is 21.8. The molecule has 2 aliphatic heterocycles. The molecular weight excluding hydrogens is 600 g/mol. The van der Waals surface area contributed by atoms with Gasteiger partial charge >= 0.3 is 0 Å². The molecule has 0 aromatic heterocycles. The van der Waals surface area contributed by atoms with Gasteiger partial charge in [-0.3, -0.25) is 0 Å². The van der Waals surface area contributed by atoms with Crippen molar-refractivity contribution in [2.75, 3.05) is 13.2 Å². The molecule has 3 rings (SSSR count). The Balaban J connectivity index is 2.10. The lowest BCUT2D eigenvalue weighted by Gasteiger charge is -2.41. The molecule has 2 fully saturated rings. The van der Waals surface area contributed by atoms with Gasteiger partial charge in [-0.2, -0.15) is 0 Å². The minimum absolute atomic E-state index is 0.265. The van der Waals surface area contributed by atoms with Crippen molar-refractivity contribution in [3.05, 3.63) is 46.6 Å². The maximum absolute atomic E-state index is 10.6. The maximum Gasteiger partial charge on any atom is 0.210 e. The molecule has 12 heteroatoms. The van der Waals surface area contributed by atoms with Gasteiger partial charge in [0.25, 0.3) is 0 Å². The molecule has 0 spiro atoms.